The Bertz CT molecular complexity index is 959. The van der Waals surface area contributed by atoms with Crippen molar-refractivity contribution in [3.05, 3.63) is 65.5 Å². The van der Waals surface area contributed by atoms with Crippen molar-refractivity contribution in [2.45, 2.75) is 39.2 Å². The van der Waals surface area contributed by atoms with Gasteiger partial charge in [-0.1, -0.05) is 38.5 Å². The molecule has 4 rings (SSSR count). The molecule has 0 saturated carbocycles. The molecule has 1 aromatic carbocycles. The van der Waals surface area contributed by atoms with Gasteiger partial charge in [0, 0.05) is 56.6 Å². The normalized spacial score (nSPS) is 23.1. The summed E-state index contributed by atoms with van der Waals surface area (Å²) < 4.78 is 0. The van der Waals surface area contributed by atoms with E-state index in [4.69, 9.17) is 0 Å². The van der Waals surface area contributed by atoms with Crippen LogP contribution in [0.2, 0.25) is 0 Å². The number of Topliss-reactive ketones (excluding diaryl/α,β-unsaturated/α-hetero) is 1. The Balaban J connectivity index is 1.71. The fraction of sp³-hybridized carbons (Fsp3) is 0.500. The van der Waals surface area contributed by atoms with Gasteiger partial charge < -0.3 is 9.80 Å². The van der Waals surface area contributed by atoms with E-state index in [-0.39, 0.29) is 11.8 Å². The first-order valence-corrected chi connectivity index (χ1v) is 12.3. The van der Waals surface area contributed by atoms with Crippen LogP contribution in [0.3, 0.4) is 0 Å². The topological polar surface area (TPSA) is 39.7 Å². The third kappa shape index (κ3) is 5.53. The molecule has 0 aliphatic carbocycles. The lowest BCUT2D eigenvalue weighted by molar-refractivity contribution is -0.128. The number of rotatable bonds is 6. The van der Waals surface area contributed by atoms with Gasteiger partial charge in [-0.2, -0.15) is 0 Å². The summed E-state index contributed by atoms with van der Waals surface area (Å²) in [4.78, 5) is 25.4. The highest BCUT2D eigenvalue weighted by Crippen LogP contribution is 2.41. The lowest BCUT2D eigenvalue weighted by Gasteiger charge is -2.45. The summed E-state index contributed by atoms with van der Waals surface area (Å²) in [5, 5.41) is 0. The standard InChI is InChI=1S/C28H38N4O/c1-28(2)21-32(19-18-31-16-8-5-9-17-31)26(22-11-13-24(14-12-22)30(3)4)25(27(28)33)20-23-10-6-7-15-29-23/h6-7,10-15,20,26H,5,8-9,16-19,21H2,1-4H3. The molecule has 0 amide bonds. The number of piperidine rings is 2. The number of carbonyl (C=O) groups is 1. The maximum atomic E-state index is 13.7. The maximum absolute atomic E-state index is 13.7. The van der Waals surface area contributed by atoms with Gasteiger partial charge in [0.2, 0.25) is 0 Å². The van der Waals surface area contributed by atoms with Gasteiger partial charge in [-0.05, 0) is 61.8 Å². The Morgan fingerprint density at radius 1 is 1.03 bits per heavy atom. The number of aromatic nitrogens is 1. The first kappa shape index (κ1) is 23.7. The molecular weight excluding hydrogens is 408 g/mol. The second-order valence-corrected chi connectivity index (χ2v) is 10.3. The summed E-state index contributed by atoms with van der Waals surface area (Å²) in [5.41, 5.74) is 3.59. The van der Waals surface area contributed by atoms with Crippen molar-refractivity contribution in [1.82, 2.24) is 14.8 Å². The van der Waals surface area contributed by atoms with E-state index in [1.165, 1.54) is 37.9 Å². The minimum absolute atomic E-state index is 0.0615. The van der Waals surface area contributed by atoms with Gasteiger partial charge >= 0.3 is 0 Å². The molecule has 2 aromatic rings. The number of anilines is 1. The van der Waals surface area contributed by atoms with Crippen molar-refractivity contribution in [2.75, 3.05) is 51.7 Å². The summed E-state index contributed by atoms with van der Waals surface area (Å²) in [6, 6.07) is 14.5. The molecule has 3 heterocycles. The minimum atomic E-state index is -0.428. The molecule has 1 atom stereocenters. The van der Waals surface area contributed by atoms with Gasteiger partial charge in [0.15, 0.2) is 5.78 Å². The highest BCUT2D eigenvalue weighted by Gasteiger charge is 2.43. The van der Waals surface area contributed by atoms with Crippen LogP contribution in [0.15, 0.2) is 54.2 Å². The van der Waals surface area contributed by atoms with Gasteiger partial charge in [-0.3, -0.25) is 14.7 Å². The smallest absolute Gasteiger partial charge is 0.167 e. The van der Waals surface area contributed by atoms with Crippen LogP contribution in [-0.2, 0) is 4.79 Å². The summed E-state index contributed by atoms with van der Waals surface area (Å²) >= 11 is 0. The summed E-state index contributed by atoms with van der Waals surface area (Å²) in [7, 11) is 4.11. The molecule has 2 saturated heterocycles. The first-order valence-electron chi connectivity index (χ1n) is 12.3. The Hall–Kier alpha value is -2.50. The molecule has 0 bridgehead atoms. The van der Waals surface area contributed by atoms with Gasteiger partial charge in [0.05, 0.1) is 11.7 Å². The first-order chi connectivity index (χ1) is 15.8. The lowest BCUT2D eigenvalue weighted by Crippen LogP contribution is -2.51. The minimum Gasteiger partial charge on any atom is -0.378 e. The molecule has 1 aromatic heterocycles. The molecule has 1 unspecified atom stereocenters. The maximum Gasteiger partial charge on any atom is 0.167 e. The molecule has 0 spiro atoms. The molecular formula is C28H38N4O. The van der Waals surface area contributed by atoms with Crippen LogP contribution in [0.1, 0.15) is 50.4 Å². The average Bonchev–Trinajstić information content (AvgIpc) is 2.82. The van der Waals surface area contributed by atoms with E-state index < -0.39 is 5.41 Å². The van der Waals surface area contributed by atoms with Crippen LogP contribution < -0.4 is 4.90 Å². The quantitative estimate of drug-likeness (QED) is 0.603. The molecule has 5 nitrogen and oxygen atoms in total. The molecule has 0 radical (unpaired) electrons. The predicted octanol–water partition coefficient (Wildman–Crippen LogP) is 4.67. The number of ketones is 1. The number of pyridine rings is 1. The van der Waals surface area contributed by atoms with Crippen molar-refractivity contribution in [3.8, 4) is 0 Å². The van der Waals surface area contributed by atoms with E-state index in [2.05, 4.69) is 71.9 Å². The lowest BCUT2D eigenvalue weighted by atomic mass is 9.74. The summed E-state index contributed by atoms with van der Waals surface area (Å²) in [6.45, 7) is 9.31. The van der Waals surface area contributed by atoms with Gasteiger partial charge in [-0.25, -0.2) is 0 Å². The highest BCUT2D eigenvalue weighted by molar-refractivity contribution is 6.05. The molecule has 176 valence electrons. The summed E-state index contributed by atoms with van der Waals surface area (Å²) in [5.74, 6) is 0.226. The van der Waals surface area contributed by atoms with Crippen molar-refractivity contribution >= 4 is 17.5 Å². The molecule has 2 fully saturated rings. The van der Waals surface area contributed by atoms with E-state index in [0.29, 0.717) is 0 Å². The Labute approximate surface area is 199 Å². The van der Waals surface area contributed by atoms with Crippen molar-refractivity contribution < 1.29 is 4.79 Å². The van der Waals surface area contributed by atoms with E-state index in [9.17, 15) is 4.79 Å². The third-order valence-electron chi connectivity index (χ3n) is 7.00. The van der Waals surface area contributed by atoms with Gasteiger partial charge in [-0.15, -0.1) is 0 Å². The molecule has 2 aliphatic heterocycles. The second kappa shape index (κ2) is 10.2. The molecule has 33 heavy (non-hydrogen) atoms. The number of hydrogen-bond acceptors (Lipinski definition) is 5. The molecule has 0 N–H and O–H groups in total. The van der Waals surface area contributed by atoms with Crippen LogP contribution in [0, 0.1) is 5.41 Å². The Morgan fingerprint density at radius 2 is 1.76 bits per heavy atom. The molecule has 5 heteroatoms. The van der Waals surface area contributed by atoms with Crippen LogP contribution in [-0.4, -0.2) is 67.4 Å². The van der Waals surface area contributed by atoms with Crippen LogP contribution >= 0.6 is 0 Å². The van der Waals surface area contributed by atoms with Crippen molar-refractivity contribution in [3.63, 3.8) is 0 Å². The van der Waals surface area contributed by atoms with Gasteiger partial charge in [0.25, 0.3) is 0 Å². The zero-order valence-corrected chi connectivity index (χ0v) is 20.6. The van der Waals surface area contributed by atoms with E-state index in [1.54, 1.807) is 6.20 Å². The SMILES string of the molecule is CN(C)c1ccc(C2C(=Cc3ccccn3)C(=O)C(C)(C)CN2CCN2CCCCC2)cc1. The Kier molecular flexibility index (Phi) is 7.30. The fourth-order valence-electron chi connectivity index (χ4n) is 5.15. The Morgan fingerprint density at radius 3 is 2.39 bits per heavy atom. The van der Waals surface area contributed by atoms with E-state index >= 15 is 0 Å². The zero-order valence-electron chi connectivity index (χ0n) is 20.6. The average molecular weight is 447 g/mol. The van der Waals surface area contributed by atoms with E-state index in [1.807, 2.05) is 24.3 Å². The monoisotopic (exact) mass is 446 g/mol. The van der Waals surface area contributed by atoms with Gasteiger partial charge in [0.1, 0.15) is 0 Å². The van der Waals surface area contributed by atoms with Crippen molar-refractivity contribution in [1.29, 1.82) is 0 Å². The number of hydrogen-bond donors (Lipinski definition) is 0. The predicted molar refractivity (Wildman–Crippen MR) is 136 cm³/mol. The van der Waals surface area contributed by atoms with E-state index in [0.717, 1.165) is 36.6 Å². The zero-order chi connectivity index (χ0) is 23.4. The van der Waals surface area contributed by atoms with Crippen LogP contribution in [0.4, 0.5) is 5.69 Å². The fourth-order valence-corrected chi connectivity index (χ4v) is 5.15. The third-order valence-corrected chi connectivity index (χ3v) is 7.00. The highest BCUT2D eigenvalue weighted by atomic mass is 16.1. The van der Waals surface area contributed by atoms with Crippen molar-refractivity contribution in [2.24, 2.45) is 5.41 Å². The number of carbonyl (C=O) groups excluding carboxylic acids is 1. The van der Waals surface area contributed by atoms with Crippen LogP contribution in [0.25, 0.3) is 6.08 Å². The largest absolute Gasteiger partial charge is 0.378 e. The second-order valence-electron chi connectivity index (χ2n) is 10.3. The number of nitrogens with zero attached hydrogens (tertiary/aromatic N) is 4. The number of benzene rings is 1. The number of likely N-dealkylation sites (tertiary alicyclic amines) is 2. The van der Waals surface area contributed by atoms with Crippen LogP contribution in [0.5, 0.6) is 0 Å². The molecule has 2 aliphatic rings. The summed E-state index contributed by atoms with van der Waals surface area (Å²) in [6.07, 6.45) is 7.75.